The molecule has 1 aromatic heterocycles. The van der Waals surface area contributed by atoms with Crippen molar-refractivity contribution in [1.82, 2.24) is 9.29 Å². The third-order valence-electron chi connectivity index (χ3n) is 5.68. The number of hydrogen-bond donors (Lipinski definition) is 0. The number of benzene rings is 3. The molecule has 0 aliphatic carbocycles. The second-order valence-corrected chi connectivity index (χ2v) is 11.6. The Bertz CT molecular complexity index is 1610. The molecule has 0 radical (unpaired) electrons. The topological polar surface area (TPSA) is 118 Å². The number of halogens is 1. The quantitative estimate of drug-likeness (QED) is 0.247. The molecule has 0 unspecified atom stereocenters. The van der Waals surface area contributed by atoms with Gasteiger partial charge >= 0.3 is 0 Å². The van der Waals surface area contributed by atoms with Crippen molar-refractivity contribution in [1.29, 1.82) is 10.5 Å². The monoisotopic (exact) mass is 563 g/mol. The lowest BCUT2D eigenvalue weighted by Gasteiger charge is -2.21. The Morgan fingerprint density at radius 1 is 0.947 bits per heavy atom. The van der Waals surface area contributed by atoms with Gasteiger partial charge in [-0.3, -0.25) is 9.69 Å². The van der Waals surface area contributed by atoms with Gasteiger partial charge in [0, 0.05) is 36.5 Å². The van der Waals surface area contributed by atoms with Gasteiger partial charge in [-0.2, -0.15) is 14.8 Å². The fourth-order valence-corrected chi connectivity index (χ4v) is 6.45. The molecule has 1 amide bonds. The average molecular weight is 564 g/mol. The molecule has 38 heavy (non-hydrogen) atoms. The molecule has 0 bridgehead atoms. The van der Waals surface area contributed by atoms with Crippen molar-refractivity contribution in [3.63, 3.8) is 0 Å². The molecule has 4 rings (SSSR count). The average Bonchev–Trinajstić information content (AvgIpc) is 3.35. The Morgan fingerprint density at radius 3 is 2.24 bits per heavy atom. The largest absolute Gasteiger partial charge is 0.279 e. The van der Waals surface area contributed by atoms with Crippen molar-refractivity contribution in [3.05, 3.63) is 88.9 Å². The molecule has 4 aromatic rings. The van der Waals surface area contributed by atoms with Crippen LogP contribution in [0.3, 0.4) is 0 Å². The number of fused-ring (bicyclic) bond motifs is 1. The summed E-state index contributed by atoms with van der Waals surface area (Å²) >= 11 is 7.48. The minimum atomic E-state index is -3.95. The maximum Gasteiger partial charge on any atom is 0.260 e. The standard InChI is InChI=1S/C27H22ClN5O3S2/c28-22-10-13-24-25(18-22)37-27(31-24)33(19-20-6-2-1-3-7-20)26(34)21-8-11-23(12-9-21)38(35,36)32(16-4-14-29)17-5-15-30/h1-3,6-13,18H,4-5,16-17,19H2. The number of nitriles is 2. The summed E-state index contributed by atoms with van der Waals surface area (Å²) in [5.74, 6) is -0.339. The molecule has 0 spiro atoms. The van der Waals surface area contributed by atoms with E-state index in [0.29, 0.717) is 10.2 Å². The minimum absolute atomic E-state index is 0.00303. The van der Waals surface area contributed by atoms with Crippen molar-refractivity contribution < 1.29 is 13.2 Å². The highest BCUT2D eigenvalue weighted by atomic mass is 35.5. The number of rotatable bonds is 10. The summed E-state index contributed by atoms with van der Waals surface area (Å²) in [6.45, 7) is 0.227. The van der Waals surface area contributed by atoms with Gasteiger partial charge in [-0.05, 0) is 48.0 Å². The van der Waals surface area contributed by atoms with E-state index in [1.54, 1.807) is 23.1 Å². The smallest absolute Gasteiger partial charge is 0.260 e. The minimum Gasteiger partial charge on any atom is -0.279 e. The molecule has 0 N–H and O–H groups in total. The maximum atomic E-state index is 13.7. The highest BCUT2D eigenvalue weighted by Gasteiger charge is 2.26. The van der Waals surface area contributed by atoms with E-state index in [9.17, 15) is 13.2 Å². The molecule has 0 saturated heterocycles. The van der Waals surface area contributed by atoms with E-state index >= 15 is 0 Å². The van der Waals surface area contributed by atoms with Crippen molar-refractivity contribution in [2.45, 2.75) is 24.3 Å². The van der Waals surface area contributed by atoms with Gasteiger partial charge in [-0.1, -0.05) is 53.3 Å². The van der Waals surface area contributed by atoms with Gasteiger partial charge in [0.1, 0.15) is 0 Å². The summed E-state index contributed by atoms with van der Waals surface area (Å²) in [5, 5.41) is 18.9. The van der Waals surface area contributed by atoms with Gasteiger partial charge in [0.05, 0.1) is 33.8 Å². The van der Waals surface area contributed by atoms with E-state index in [4.69, 9.17) is 22.1 Å². The van der Waals surface area contributed by atoms with Gasteiger partial charge < -0.3 is 0 Å². The summed E-state index contributed by atoms with van der Waals surface area (Å²) < 4.78 is 28.2. The predicted molar refractivity (Wildman–Crippen MR) is 147 cm³/mol. The number of hydrogen-bond acceptors (Lipinski definition) is 7. The number of aromatic nitrogens is 1. The Kier molecular flexibility index (Phi) is 8.72. The number of thiazole rings is 1. The third-order valence-corrected chi connectivity index (χ3v) is 8.87. The SMILES string of the molecule is N#CCCN(CCC#N)S(=O)(=O)c1ccc(C(=O)N(Cc2ccccc2)c2nc3ccc(Cl)cc3s2)cc1. The van der Waals surface area contributed by atoms with E-state index in [-0.39, 0.29) is 48.8 Å². The Hall–Kier alpha value is -3.80. The number of nitrogens with zero attached hydrogens (tertiary/aromatic N) is 5. The normalized spacial score (nSPS) is 11.3. The second kappa shape index (κ2) is 12.2. The zero-order chi connectivity index (χ0) is 27.1. The number of sulfonamides is 1. The first-order valence-corrected chi connectivity index (χ1v) is 14.2. The molecule has 1 heterocycles. The second-order valence-electron chi connectivity index (χ2n) is 8.23. The van der Waals surface area contributed by atoms with Crippen molar-refractivity contribution in [2.75, 3.05) is 18.0 Å². The molecule has 192 valence electrons. The Balaban J connectivity index is 1.66. The van der Waals surface area contributed by atoms with Crippen LogP contribution >= 0.6 is 22.9 Å². The molecular formula is C27H22ClN5O3S2. The summed E-state index contributed by atoms with van der Waals surface area (Å²) in [7, 11) is -3.95. The van der Waals surface area contributed by atoms with Crippen molar-refractivity contribution >= 4 is 54.2 Å². The van der Waals surface area contributed by atoms with E-state index in [0.717, 1.165) is 20.1 Å². The number of carbonyl (C=O) groups excluding carboxylic acids is 1. The first kappa shape index (κ1) is 27.2. The zero-order valence-electron chi connectivity index (χ0n) is 20.1. The van der Waals surface area contributed by atoms with Crippen LogP contribution in [0.2, 0.25) is 5.02 Å². The third kappa shape index (κ3) is 6.18. The summed E-state index contributed by atoms with van der Waals surface area (Å²) in [6, 6.07) is 24.4. The molecule has 0 aliphatic heterocycles. The van der Waals surface area contributed by atoms with Gasteiger partial charge in [0.15, 0.2) is 5.13 Å². The molecule has 3 aromatic carbocycles. The van der Waals surface area contributed by atoms with E-state index in [1.807, 2.05) is 42.5 Å². The molecule has 0 saturated carbocycles. The fraction of sp³-hybridized carbons (Fsp3) is 0.185. The first-order valence-electron chi connectivity index (χ1n) is 11.6. The summed E-state index contributed by atoms with van der Waals surface area (Å²) in [5.41, 5.74) is 1.91. The van der Waals surface area contributed by atoms with Gasteiger partial charge in [-0.25, -0.2) is 13.4 Å². The zero-order valence-corrected chi connectivity index (χ0v) is 22.5. The van der Waals surface area contributed by atoms with E-state index in [2.05, 4.69) is 4.98 Å². The van der Waals surface area contributed by atoms with Crippen LogP contribution in [0.1, 0.15) is 28.8 Å². The predicted octanol–water partition coefficient (Wildman–Crippen LogP) is 5.61. The van der Waals surface area contributed by atoms with Crippen LogP contribution in [-0.2, 0) is 16.6 Å². The Morgan fingerprint density at radius 2 is 1.61 bits per heavy atom. The van der Waals surface area contributed by atoms with Crippen LogP contribution in [0.15, 0.2) is 77.7 Å². The number of carbonyl (C=O) groups is 1. The fourth-order valence-electron chi connectivity index (χ4n) is 3.77. The Labute approximate surface area is 230 Å². The van der Waals surface area contributed by atoms with Crippen LogP contribution in [0.25, 0.3) is 10.2 Å². The first-order chi connectivity index (χ1) is 18.3. The highest BCUT2D eigenvalue weighted by Crippen LogP contribution is 2.32. The molecule has 11 heteroatoms. The summed E-state index contributed by atoms with van der Waals surface area (Å²) in [4.78, 5) is 19.9. The lowest BCUT2D eigenvalue weighted by molar-refractivity contribution is 0.0985. The molecular weight excluding hydrogens is 542 g/mol. The number of anilines is 1. The van der Waals surface area contributed by atoms with Crippen molar-refractivity contribution in [3.8, 4) is 12.1 Å². The van der Waals surface area contributed by atoms with E-state index < -0.39 is 10.0 Å². The summed E-state index contributed by atoms with van der Waals surface area (Å²) in [6.07, 6.45) is 0.00606. The molecule has 0 atom stereocenters. The number of amides is 1. The van der Waals surface area contributed by atoms with Gasteiger partial charge in [0.25, 0.3) is 5.91 Å². The lowest BCUT2D eigenvalue weighted by Crippen LogP contribution is -2.33. The van der Waals surface area contributed by atoms with Crippen LogP contribution in [-0.4, -0.2) is 36.7 Å². The van der Waals surface area contributed by atoms with Gasteiger partial charge in [-0.15, -0.1) is 0 Å². The van der Waals surface area contributed by atoms with Crippen molar-refractivity contribution in [2.24, 2.45) is 0 Å². The molecule has 0 aliphatic rings. The highest BCUT2D eigenvalue weighted by molar-refractivity contribution is 7.89. The van der Waals surface area contributed by atoms with Gasteiger partial charge in [0.2, 0.25) is 10.0 Å². The van der Waals surface area contributed by atoms with Crippen LogP contribution in [0.4, 0.5) is 5.13 Å². The van der Waals surface area contributed by atoms with Crippen LogP contribution < -0.4 is 4.90 Å². The maximum absolute atomic E-state index is 13.7. The molecule has 0 fully saturated rings. The van der Waals surface area contributed by atoms with Crippen LogP contribution in [0, 0.1) is 22.7 Å². The van der Waals surface area contributed by atoms with Crippen LogP contribution in [0.5, 0.6) is 0 Å². The van der Waals surface area contributed by atoms with E-state index in [1.165, 1.54) is 35.6 Å². The lowest BCUT2D eigenvalue weighted by atomic mass is 10.1. The molecule has 8 nitrogen and oxygen atoms in total.